The Morgan fingerprint density at radius 3 is 1.67 bits per heavy atom. The highest BCUT2D eigenvalue weighted by Gasteiger charge is 2.16. The van der Waals surface area contributed by atoms with Crippen molar-refractivity contribution in [3.05, 3.63) is 176 Å². The van der Waals surface area contributed by atoms with Gasteiger partial charge in [-0.2, -0.15) is 0 Å². The first-order valence-corrected chi connectivity index (χ1v) is 17.1. The van der Waals surface area contributed by atoms with Crippen LogP contribution in [-0.4, -0.2) is 15.0 Å². The molecule has 6 aromatic carbocycles. The molecule has 0 unspecified atom stereocenters. The van der Waals surface area contributed by atoms with Crippen LogP contribution in [0.4, 0.5) is 0 Å². The Morgan fingerprint density at radius 2 is 0.961 bits per heavy atom. The second-order valence-electron chi connectivity index (χ2n) is 12.9. The summed E-state index contributed by atoms with van der Waals surface area (Å²) in [6.45, 7) is 0. The molecule has 0 saturated heterocycles. The summed E-state index contributed by atoms with van der Waals surface area (Å²) >= 11 is 0. The fraction of sp³-hybridized carbons (Fsp3) is 0. The van der Waals surface area contributed by atoms with E-state index in [0.29, 0.717) is 0 Å². The number of nitrogens with zero attached hydrogens (tertiary/aromatic N) is 3. The number of rotatable bonds is 5. The van der Waals surface area contributed by atoms with Gasteiger partial charge in [0.15, 0.2) is 0 Å². The molecule has 0 N–H and O–H groups in total. The maximum Gasteiger partial charge on any atom is 0.143 e. The Labute approximate surface area is 294 Å². The van der Waals surface area contributed by atoms with Crippen LogP contribution in [0.25, 0.3) is 99.6 Å². The molecule has 10 rings (SSSR count). The number of aromatic nitrogens is 3. The van der Waals surface area contributed by atoms with Gasteiger partial charge in [0.25, 0.3) is 0 Å². The van der Waals surface area contributed by atoms with Crippen molar-refractivity contribution in [2.45, 2.75) is 0 Å². The van der Waals surface area contributed by atoms with Crippen LogP contribution >= 0.6 is 0 Å². The molecule has 0 aliphatic carbocycles. The first-order valence-electron chi connectivity index (χ1n) is 17.1. The van der Waals surface area contributed by atoms with Crippen LogP contribution in [0.5, 0.6) is 0 Å². The Bertz CT molecular complexity index is 2840. The maximum atomic E-state index is 6.57. The van der Waals surface area contributed by atoms with Gasteiger partial charge in [-0.1, -0.05) is 103 Å². The minimum atomic E-state index is 0.811. The van der Waals surface area contributed by atoms with Gasteiger partial charge in [0.05, 0.1) is 22.8 Å². The Morgan fingerprint density at radius 1 is 0.353 bits per heavy atom. The minimum absolute atomic E-state index is 0.811. The van der Waals surface area contributed by atoms with Gasteiger partial charge < -0.3 is 4.42 Å². The van der Waals surface area contributed by atoms with E-state index < -0.39 is 0 Å². The van der Waals surface area contributed by atoms with Crippen LogP contribution in [0.2, 0.25) is 0 Å². The number of furan rings is 1. The fourth-order valence-electron chi connectivity index (χ4n) is 7.22. The summed E-state index contributed by atoms with van der Waals surface area (Å²) in [5.74, 6) is 0. The van der Waals surface area contributed by atoms with Crippen molar-refractivity contribution >= 4 is 43.5 Å². The fourth-order valence-corrected chi connectivity index (χ4v) is 7.22. The summed E-state index contributed by atoms with van der Waals surface area (Å²) in [6, 6.07) is 57.4. The molecule has 238 valence electrons. The van der Waals surface area contributed by atoms with Crippen LogP contribution in [0.3, 0.4) is 0 Å². The molecule has 0 aliphatic heterocycles. The van der Waals surface area contributed by atoms with E-state index in [9.17, 15) is 0 Å². The first kappa shape index (κ1) is 29.0. The topological polar surface area (TPSA) is 51.8 Å². The summed E-state index contributed by atoms with van der Waals surface area (Å²) < 4.78 is 6.57. The molecule has 0 amide bonds. The summed E-state index contributed by atoms with van der Waals surface area (Å²) in [5, 5.41) is 6.99. The minimum Gasteiger partial charge on any atom is -0.455 e. The highest BCUT2D eigenvalue weighted by molar-refractivity contribution is 6.19. The van der Waals surface area contributed by atoms with Gasteiger partial charge in [0, 0.05) is 28.6 Å². The lowest BCUT2D eigenvalue weighted by molar-refractivity contribution is 0.673. The van der Waals surface area contributed by atoms with Gasteiger partial charge in [-0.15, -0.1) is 0 Å². The number of hydrogen-bond donors (Lipinski definition) is 0. The van der Waals surface area contributed by atoms with E-state index in [0.717, 1.165) is 72.4 Å². The maximum absolute atomic E-state index is 6.57. The lowest BCUT2D eigenvalue weighted by atomic mass is 9.93. The van der Waals surface area contributed by atoms with E-state index >= 15 is 0 Å². The quantitative estimate of drug-likeness (QED) is 0.186. The highest BCUT2D eigenvalue weighted by Crippen LogP contribution is 2.41. The van der Waals surface area contributed by atoms with Crippen LogP contribution in [-0.2, 0) is 0 Å². The molecular weight excluding hydrogens is 623 g/mol. The molecule has 4 heterocycles. The van der Waals surface area contributed by atoms with E-state index in [1.54, 1.807) is 12.4 Å². The predicted molar refractivity (Wildman–Crippen MR) is 209 cm³/mol. The smallest absolute Gasteiger partial charge is 0.143 e. The van der Waals surface area contributed by atoms with Crippen molar-refractivity contribution in [2.24, 2.45) is 0 Å². The molecule has 51 heavy (non-hydrogen) atoms. The van der Waals surface area contributed by atoms with Gasteiger partial charge in [-0.3, -0.25) is 9.97 Å². The number of benzene rings is 6. The normalized spacial score (nSPS) is 11.5. The summed E-state index contributed by atoms with van der Waals surface area (Å²) in [5.41, 5.74) is 11.9. The van der Waals surface area contributed by atoms with Crippen molar-refractivity contribution in [2.75, 3.05) is 0 Å². The molecule has 0 spiro atoms. The van der Waals surface area contributed by atoms with E-state index in [-0.39, 0.29) is 0 Å². The summed E-state index contributed by atoms with van der Waals surface area (Å²) in [7, 11) is 0. The van der Waals surface area contributed by atoms with Gasteiger partial charge in [-0.25, -0.2) is 4.98 Å². The van der Waals surface area contributed by atoms with Gasteiger partial charge >= 0.3 is 0 Å². The zero-order chi connectivity index (χ0) is 33.7. The molecule has 10 aromatic rings. The molecule has 0 bridgehead atoms. The van der Waals surface area contributed by atoms with Gasteiger partial charge in [0.1, 0.15) is 11.2 Å². The average Bonchev–Trinajstić information content (AvgIpc) is 3.59. The predicted octanol–water partition coefficient (Wildman–Crippen LogP) is 12.4. The van der Waals surface area contributed by atoms with Crippen molar-refractivity contribution in [1.29, 1.82) is 0 Å². The molecule has 0 radical (unpaired) electrons. The van der Waals surface area contributed by atoms with Crippen molar-refractivity contribution in [1.82, 2.24) is 15.0 Å². The lowest BCUT2D eigenvalue weighted by Crippen LogP contribution is -1.93. The van der Waals surface area contributed by atoms with Gasteiger partial charge in [0.2, 0.25) is 0 Å². The van der Waals surface area contributed by atoms with Gasteiger partial charge in [-0.05, 0) is 110 Å². The molecular formula is C47H29N3O. The molecule has 0 saturated carbocycles. The van der Waals surface area contributed by atoms with Crippen molar-refractivity contribution in [3.8, 4) is 56.2 Å². The largest absolute Gasteiger partial charge is 0.455 e. The first-order chi connectivity index (χ1) is 25.2. The molecule has 4 aromatic heterocycles. The van der Waals surface area contributed by atoms with E-state index in [1.807, 2.05) is 36.4 Å². The summed E-state index contributed by atoms with van der Waals surface area (Å²) in [6.07, 6.45) is 3.59. The molecule has 4 nitrogen and oxygen atoms in total. The standard InChI is InChI=1S/C47H29N3O/c1-2-10-33-25-35(20-19-30(33)9-1)39-29-41-40-26-34(21-22-46(40)51-47(41)38-12-4-3-11-37(38)39)31-15-17-32(18-16-31)36-27-44(42-13-5-7-23-48-42)50-45(28-36)43-14-6-8-24-49-43/h1-29H. The third-order valence-corrected chi connectivity index (χ3v) is 9.77. The highest BCUT2D eigenvalue weighted by atomic mass is 16.3. The second kappa shape index (κ2) is 11.9. The zero-order valence-electron chi connectivity index (χ0n) is 27.5. The van der Waals surface area contributed by atoms with Crippen LogP contribution in [0.1, 0.15) is 0 Å². The third kappa shape index (κ3) is 5.13. The third-order valence-electron chi connectivity index (χ3n) is 9.77. The number of pyridine rings is 3. The average molecular weight is 652 g/mol. The molecule has 4 heteroatoms. The monoisotopic (exact) mass is 651 g/mol. The van der Waals surface area contributed by atoms with Crippen molar-refractivity contribution in [3.63, 3.8) is 0 Å². The van der Waals surface area contributed by atoms with E-state index in [1.165, 1.54) is 27.3 Å². The zero-order valence-corrected chi connectivity index (χ0v) is 27.5. The van der Waals surface area contributed by atoms with E-state index in [2.05, 4.69) is 137 Å². The Kier molecular flexibility index (Phi) is 6.78. The number of hydrogen-bond acceptors (Lipinski definition) is 4. The lowest BCUT2D eigenvalue weighted by Gasteiger charge is -2.10. The summed E-state index contributed by atoms with van der Waals surface area (Å²) in [4.78, 5) is 14.1. The van der Waals surface area contributed by atoms with Crippen LogP contribution in [0, 0.1) is 0 Å². The SMILES string of the molecule is c1ccc(-c2cc(-c3ccc(-c4ccc5oc6c7ccccc7c(-c7ccc8ccccc8c7)cc6c5c4)cc3)cc(-c3ccccn3)n2)nc1. The molecule has 0 atom stereocenters. The Hall–Kier alpha value is -6.91. The van der Waals surface area contributed by atoms with E-state index in [4.69, 9.17) is 9.40 Å². The molecule has 0 aliphatic rings. The van der Waals surface area contributed by atoms with Crippen molar-refractivity contribution < 1.29 is 4.42 Å². The molecule has 0 fully saturated rings. The van der Waals surface area contributed by atoms with Crippen LogP contribution in [0.15, 0.2) is 181 Å². The Balaban J connectivity index is 1.07. The second-order valence-corrected chi connectivity index (χ2v) is 12.9. The number of fused-ring (bicyclic) bond motifs is 6. The van der Waals surface area contributed by atoms with Crippen LogP contribution < -0.4 is 0 Å².